The van der Waals surface area contributed by atoms with Gasteiger partial charge >= 0.3 is 5.97 Å². The number of carbonyl (C=O) groups excluding carboxylic acids is 2. The highest BCUT2D eigenvalue weighted by Gasteiger charge is 2.24. The first kappa shape index (κ1) is 18.7. The van der Waals surface area contributed by atoms with E-state index in [1.54, 1.807) is 63.7 Å². The normalized spacial score (nSPS) is 11.7. The number of rotatable bonds is 6. The van der Waals surface area contributed by atoms with Crippen LogP contribution in [0.4, 0.5) is 0 Å². The Bertz CT molecular complexity index is 955. The molecule has 0 amide bonds. The van der Waals surface area contributed by atoms with Crippen molar-refractivity contribution in [1.29, 1.82) is 0 Å². The average Bonchev–Trinajstić information content (AvgIpc) is 3.10. The minimum atomic E-state index is -0.927. The maximum atomic E-state index is 12.5. The molecule has 1 aromatic carbocycles. The van der Waals surface area contributed by atoms with Gasteiger partial charge in [0, 0.05) is 18.0 Å². The van der Waals surface area contributed by atoms with Crippen molar-refractivity contribution in [3.63, 3.8) is 0 Å². The maximum Gasteiger partial charge on any atom is 0.350 e. The number of benzene rings is 1. The molecule has 8 heteroatoms. The van der Waals surface area contributed by atoms with Gasteiger partial charge in [0.1, 0.15) is 10.6 Å². The third kappa shape index (κ3) is 4.17. The van der Waals surface area contributed by atoms with Gasteiger partial charge in [-0.2, -0.15) is 0 Å². The van der Waals surface area contributed by atoms with Crippen LogP contribution < -0.4 is 4.74 Å². The van der Waals surface area contributed by atoms with E-state index < -0.39 is 12.1 Å². The van der Waals surface area contributed by atoms with Crippen LogP contribution in [0.25, 0.3) is 10.8 Å². The van der Waals surface area contributed by atoms with Crippen LogP contribution in [0.5, 0.6) is 5.75 Å². The molecule has 0 aliphatic carbocycles. The summed E-state index contributed by atoms with van der Waals surface area (Å²) in [5.74, 6) is 0.195. The number of esters is 1. The molecule has 1 atom stereocenters. The molecule has 2 aromatic heterocycles. The predicted octanol–water partition coefficient (Wildman–Crippen LogP) is 3.35. The molecule has 0 saturated carbocycles. The largest absolute Gasteiger partial charge is 0.497 e. The molecule has 0 radical (unpaired) electrons. The molecule has 0 saturated heterocycles. The molecule has 0 fully saturated rings. The quantitative estimate of drug-likeness (QED) is 0.476. The second-order valence-electron chi connectivity index (χ2n) is 5.65. The van der Waals surface area contributed by atoms with E-state index in [-0.39, 0.29) is 5.78 Å². The Morgan fingerprint density at radius 1 is 1.11 bits per heavy atom. The third-order valence-electron chi connectivity index (χ3n) is 3.77. The fourth-order valence-electron chi connectivity index (χ4n) is 2.35. The molecule has 3 aromatic rings. The van der Waals surface area contributed by atoms with Crippen LogP contribution in [0.15, 0.2) is 42.7 Å². The SMILES string of the molecule is COc1ccc(C(=O)C(C)OC(=O)c2sc(-c3ncccn3)nc2C)cc1. The predicted molar refractivity (Wildman–Crippen MR) is 100 cm³/mol. The lowest BCUT2D eigenvalue weighted by atomic mass is 10.1. The average molecular weight is 383 g/mol. The molecule has 1 unspecified atom stereocenters. The second kappa shape index (κ2) is 8.05. The van der Waals surface area contributed by atoms with Crippen LogP contribution in [0.1, 0.15) is 32.6 Å². The standard InChI is InChI=1S/C19H17N3O4S/c1-11-16(27-18(22-11)17-20-9-4-10-21-17)19(24)26-12(2)15(23)13-5-7-14(25-3)8-6-13/h4-10,12H,1-3H3. The number of aryl methyl sites for hydroxylation is 1. The highest BCUT2D eigenvalue weighted by atomic mass is 32.1. The molecule has 0 spiro atoms. The van der Waals surface area contributed by atoms with Crippen molar-refractivity contribution in [2.24, 2.45) is 0 Å². The maximum absolute atomic E-state index is 12.5. The van der Waals surface area contributed by atoms with E-state index in [1.165, 1.54) is 0 Å². The van der Waals surface area contributed by atoms with Gasteiger partial charge < -0.3 is 9.47 Å². The molecular weight excluding hydrogens is 366 g/mol. The van der Waals surface area contributed by atoms with E-state index in [0.717, 1.165) is 11.3 Å². The minimum Gasteiger partial charge on any atom is -0.497 e. The number of hydrogen-bond acceptors (Lipinski definition) is 8. The summed E-state index contributed by atoms with van der Waals surface area (Å²) in [6.07, 6.45) is 2.28. The summed E-state index contributed by atoms with van der Waals surface area (Å²) in [6, 6.07) is 8.33. The van der Waals surface area contributed by atoms with Crippen molar-refractivity contribution >= 4 is 23.1 Å². The van der Waals surface area contributed by atoms with Crippen molar-refractivity contribution in [3.8, 4) is 16.6 Å². The summed E-state index contributed by atoms with van der Waals surface area (Å²) in [5, 5.41) is 0.522. The van der Waals surface area contributed by atoms with Gasteiger partial charge in [0.25, 0.3) is 0 Å². The molecule has 0 aliphatic rings. The Morgan fingerprint density at radius 3 is 2.41 bits per heavy atom. The van der Waals surface area contributed by atoms with Gasteiger partial charge in [-0.15, -0.1) is 11.3 Å². The monoisotopic (exact) mass is 383 g/mol. The Hall–Kier alpha value is -3.13. The van der Waals surface area contributed by atoms with Gasteiger partial charge in [0.05, 0.1) is 12.8 Å². The van der Waals surface area contributed by atoms with Crippen LogP contribution in [0, 0.1) is 6.92 Å². The second-order valence-corrected chi connectivity index (χ2v) is 6.65. The van der Waals surface area contributed by atoms with Crippen molar-refractivity contribution in [2.75, 3.05) is 7.11 Å². The molecule has 2 heterocycles. The summed E-state index contributed by atoms with van der Waals surface area (Å²) in [5.41, 5.74) is 0.951. The van der Waals surface area contributed by atoms with Crippen LogP contribution in [0.2, 0.25) is 0 Å². The molecule has 7 nitrogen and oxygen atoms in total. The first-order valence-corrected chi connectivity index (χ1v) is 8.95. The summed E-state index contributed by atoms with van der Waals surface area (Å²) in [6.45, 7) is 3.25. The van der Waals surface area contributed by atoms with Crippen molar-refractivity contribution in [3.05, 3.63) is 58.9 Å². The van der Waals surface area contributed by atoms with Crippen LogP contribution >= 0.6 is 11.3 Å². The Morgan fingerprint density at radius 2 is 1.78 bits per heavy atom. The number of nitrogens with zero attached hydrogens (tertiary/aromatic N) is 3. The van der Waals surface area contributed by atoms with Crippen LogP contribution in [-0.4, -0.2) is 39.9 Å². The number of Topliss-reactive ketones (excluding diaryl/α,β-unsaturated/α-hetero) is 1. The lowest BCUT2D eigenvalue weighted by Gasteiger charge is -2.12. The van der Waals surface area contributed by atoms with E-state index in [1.807, 2.05) is 0 Å². The smallest absolute Gasteiger partial charge is 0.350 e. The number of carbonyl (C=O) groups is 2. The zero-order chi connectivity index (χ0) is 19.4. The Labute approximate surface area is 160 Å². The lowest BCUT2D eigenvalue weighted by molar-refractivity contribution is 0.0322. The Balaban J connectivity index is 1.72. The zero-order valence-electron chi connectivity index (χ0n) is 15.0. The van der Waals surface area contributed by atoms with Crippen LogP contribution in [0.3, 0.4) is 0 Å². The zero-order valence-corrected chi connectivity index (χ0v) is 15.8. The summed E-state index contributed by atoms with van der Waals surface area (Å²) >= 11 is 1.14. The third-order valence-corrected chi connectivity index (χ3v) is 4.90. The molecule has 3 rings (SSSR count). The van der Waals surface area contributed by atoms with Crippen molar-refractivity contribution in [1.82, 2.24) is 15.0 Å². The number of ketones is 1. The topological polar surface area (TPSA) is 91.3 Å². The minimum absolute atomic E-state index is 0.292. The van der Waals surface area contributed by atoms with Gasteiger partial charge in [0.15, 0.2) is 16.9 Å². The van der Waals surface area contributed by atoms with E-state index in [2.05, 4.69) is 15.0 Å². The van der Waals surface area contributed by atoms with E-state index >= 15 is 0 Å². The highest BCUT2D eigenvalue weighted by Crippen LogP contribution is 2.26. The first-order valence-electron chi connectivity index (χ1n) is 8.13. The van der Waals surface area contributed by atoms with E-state index in [9.17, 15) is 9.59 Å². The summed E-state index contributed by atoms with van der Waals surface area (Å²) in [4.78, 5) is 37.9. The van der Waals surface area contributed by atoms with Crippen LogP contribution in [-0.2, 0) is 4.74 Å². The number of hydrogen-bond donors (Lipinski definition) is 0. The molecule has 138 valence electrons. The Kier molecular flexibility index (Phi) is 5.56. The number of thiazole rings is 1. The van der Waals surface area contributed by atoms with E-state index in [0.29, 0.717) is 32.7 Å². The molecular formula is C19H17N3O4S. The van der Waals surface area contributed by atoms with Gasteiger partial charge in [-0.05, 0) is 44.2 Å². The fraction of sp³-hybridized carbons (Fsp3) is 0.211. The lowest BCUT2D eigenvalue weighted by Crippen LogP contribution is -2.24. The summed E-state index contributed by atoms with van der Waals surface area (Å²) in [7, 11) is 1.55. The van der Waals surface area contributed by atoms with Gasteiger partial charge in [-0.3, -0.25) is 4.79 Å². The molecule has 0 aliphatic heterocycles. The van der Waals surface area contributed by atoms with Gasteiger partial charge in [-0.1, -0.05) is 0 Å². The number of ether oxygens (including phenoxy) is 2. The molecule has 0 bridgehead atoms. The fourth-order valence-corrected chi connectivity index (χ4v) is 3.25. The highest BCUT2D eigenvalue weighted by molar-refractivity contribution is 7.16. The van der Waals surface area contributed by atoms with Crippen molar-refractivity contribution in [2.45, 2.75) is 20.0 Å². The van der Waals surface area contributed by atoms with Crippen molar-refractivity contribution < 1.29 is 19.1 Å². The van der Waals surface area contributed by atoms with Gasteiger partial charge in [0.2, 0.25) is 5.78 Å². The molecule has 0 N–H and O–H groups in total. The number of aromatic nitrogens is 3. The summed E-state index contributed by atoms with van der Waals surface area (Å²) < 4.78 is 10.4. The first-order chi connectivity index (χ1) is 13.0. The number of methoxy groups -OCH3 is 1. The van der Waals surface area contributed by atoms with E-state index in [4.69, 9.17) is 9.47 Å². The van der Waals surface area contributed by atoms with Gasteiger partial charge in [-0.25, -0.2) is 19.7 Å². The molecule has 27 heavy (non-hydrogen) atoms.